The maximum atomic E-state index is 12.0. The molecule has 0 saturated carbocycles. The molecule has 32 heavy (non-hydrogen) atoms. The van der Waals surface area contributed by atoms with Crippen molar-refractivity contribution in [2.24, 2.45) is 16.9 Å². The van der Waals surface area contributed by atoms with E-state index in [1.807, 2.05) is 11.5 Å². The highest BCUT2D eigenvalue weighted by atomic mass is 32.2. The number of allylic oxidation sites excluding steroid dienone is 5. The van der Waals surface area contributed by atoms with Gasteiger partial charge in [-0.15, -0.1) is 0 Å². The summed E-state index contributed by atoms with van der Waals surface area (Å²) in [5.74, 6) is 2.93. The van der Waals surface area contributed by atoms with Crippen LogP contribution in [0.5, 0.6) is 0 Å². The van der Waals surface area contributed by atoms with Crippen molar-refractivity contribution in [1.82, 2.24) is 10.7 Å². The monoisotopic (exact) mass is 467 g/mol. The van der Waals surface area contributed by atoms with Crippen LogP contribution in [0.25, 0.3) is 0 Å². The van der Waals surface area contributed by atoms with Crippen LogP contribution in [0.3, 0.4) is 0 Å². The SMILES string of the molecule is CC(C)=CCC/C(C)=C/CC/C(=C/CSC[C@H](NC(=O)CC(C)C(=O)O)C(=O)NN)N=N. The molecule has 0 rings (SSSR count). The van der Waals surface area contributed by atoms with Gasteiger partial charge >= 0.3 is 5.97 Å². The van der Waals surface area contributed by atoms with Crippen molar-refractivity contribution in [2.45, 2.75) is 65.8 Å². The van der Waals surface area contributed by atoms with E-state index in [-0.39, 0.29) is 12.2 Å². The number of nitrogens with one attached hydrogen (secondary N) is 3. The Morgan fingerprint density at radius 1 is 1.12 bits per heavy atom. The normalized spacial score (nSPS) is 13.7. The fourth-order valence-electron chi connectivity index (χ4n) is 2.60. The van der Waals surface area contributed by atoms with Crippen LogP contribution in [0.4, 0.5) is 0 Å². The van der Waals surface area contributed by atoms with Crippen molar-refractivity contribution in [3.63, 3.8) is 0 Å². The summed E-state index contributed by atoms with van der Waals surface area (Å²) in [6, 6.07) is -0.880. The average molecular weight is 468 g/mol. The van der Waals surface area contributed by atoms with Gasteiger partial charge in [-0.05, 0) is 46.5 Å². The van der Waals surface area contributed by atoms with Gasteiger partial charge < -0.3 is 10.4 Å². The van der Waals surface area contributed by atoms with Gasteiger partial charge in [0.15, 0.2) is 0 Å². The van der Waals surface area contributed by atoms with Crippen LogP contribution in [0.1, 0.15) is 59.8 Å². The number of carbonyl (C=O) groups excluding carboxylic acids is 2. The summed E-state index contributed by atoms with van der Waals surface area (Å²) < 4.78 is 0. The van der Waals surface area contributed by atoms with E-state index in [9.17, 15) is 14.4 Å². The lowest BCUT2D eigenvalue weighted by molar-refractivity contribution is -0.143. The highest BCUT2D eigenvalue weighted by Gasteiger charge is 2.22. The highest BCUT2D eigenvalue weighted by molar-refractivity contribution is 7.99. The molecule has 2 amide bonds. The number of hydrogen-bond acceptors (Lipinski definition) is 7. The van der Waals surface area contributed by atoms with Crippen molar-refractivity contribution in [3.05, 3.63) is 35.1 Å². The number of carbonyl (C=O) groups is 3. The minimum Gasteiger partial charge on any atom is -0.481 e. The Balaban J connectivity index is 4.57. The molecule has 0 saturated heterocycles. The van der Waals surface area contributed by atoms with Crippen LogP contribution in [0.15, 0.2) is 40.2 Å². The summed E-state index contributed by atoms with van der Waals surface area (Å²) >= 11 is 1.38. The Hall–Kier alpha value is -2.46. The van der Waals surface area contributed by atoms with E-state index in [2.05, 4.69) is 43.4 Å². The van der Waals surface area contributed by atoms with Crippen molar-refractivity contribution >= 4 is 29.5 Å². The zero-order valence-corrected chi connectivity index (χ0v) is 20.3. The van der Waals surface area contributed by atoms with Gasteiger partial charge in [-0.3, -0.25) is 19.8 Å². The molecule has 6 N–H and O–H groups in total. The fourth-order valence-corrected chi connectivity index (χ4v) is 3.52. The molecule has 0 radical (unpaired) electrons. The number of hydrogen-bond donors (Lipinski definition) is 5. The second-order valence-electron chi connectivity index (χ2n) is 7.83. The number of carboxylic acid groups (broad SMARTS) is 1. The first kappa shape index (κ1) is 29.5. The van der Waals surface area contributed by atoms with Gasteiger partial charge in [-0.2, -0.15) is 16.9 Å². The third-order valence-electron chi connectivity index (χ3n) is 4.56. The summed E-state index contributed by atoms with van der Waals surface area (Å²) in [5, 5.41) is 15.0. The third-order valence-corrected chi connectivity index (χ3v) is 5.53. The van der Waals surface area contributed by atoms with E-state index in [0.29, 0.717) is 17.9 Å². The van der Waals surface area contributed by atoms with Crippen molar-refractivity contribution in [2.75, 3.05) is 11.5 Å². The molecule has 0 aromatic rings. The van der Waals surface area contributed by atoms with Crippen LogP contribution < -0.4 is 16.6 Å². The molecule has 0 bridgehead atoms. The lowest BCUT2D eigenvalue weighted by atomic mass is 10.1. The van der Waals surface area contributed by atoms with E-state index in [1.165, 1.54) is 29.8 Å². The molecule has 9 nitrogen and oxygen atoms in total. The summed E-state index contributed by atoms with van der Waals surface area (Å²) in [6.45, 7) is 7.69. The van der Waals surface area contributed by atoms with Crippen LogP contribution in [0.2, 0.25) is 0 Å². The highest BCUT2D eigenvalue weighted by Crippen LogP contribution is 2.14. The molecule has 1 unspecified atom stereocenters. The van der Waals surface area contributed by atoms with E-state index < -0.39 is 29.7 Å². The van der Waals surface area contributed by atoms with Gasteiger partial charge in [0.25, 0.3) is 5.91 Å². The second-order valence-corrected chi connectivity index (χ2v) is 8.90. The van der Waals surface area contributed by atoms with Gasteiger partial charge in [-0.1, -0.05) is 36.3 Å². The predicted octanol–water partition coefficient (Wildman–Crippen LogP) is 3.69. The van der Waals surface area contributed by atoms with Crippen LogP contribution in [-0.2, 0) is 14.4 Å². The molecule has 10 heteroatoms. The molecule has 180 valence electrons. The Bertz CT molecular complexity index is 730. The molecule has 0 heterocycles. The number of nitrogens with zero attached hydrogens (tertiary/aromatic N) is 1. The predicted molar refractivity (Wildman–Crippen MR) is 128 cm³/mol. The molecular weight excluding hydrogens is 430 g/mol. The minimum atomic E-state index is -1.08. The minimum absolute atomic E-state index is 0.225. The molecular formula is C22H37N5O4S. The van der Waals surface area contributed by atoms with Gasteiger partial charge in [0.2, 0.25) is 5.91 Å². The first-order valence-electron chi connectivity index (χ1n) is 10.6. The lowest BCUT2D eigenvalue weighted by Gasteiger charge is -2.17. The van der Waals surface area contributed by atoms with E-state index in [1.54, 1.807) is 0 Å². The zero-order chi connectivity index (χ0) is 24.5. The largest absolute Gasteiger partial charge is 0.481 e. The maximum Gasteiger partial charge on any atom is 0.306 e. The van der Waals surface area contributed by atoms with Crippen LogP contribution >= 0.6 is 11.8 Å². The van der Waals surface area contributed by atoms with Crippen LogP contribution in [0, 0.1) is 11.4 Å². The van der Waals surface area contributed by atoms with Gasteiger partial charge in [0.05, 0.1) is 11.6 Å². The molecule has 0 aliphatic rings. The number of hydrazine groups is 1. The van der Waals surface area contributed by atoms with E-state index in [0.717, 1.165) is 19.3 Å². The topological polar surface area (TPSA) is 158 Å². The van der Waals surface area contributed by atoms with Gasteiger partial charge in [-0.25, -0.2) is 11.4 Å². The van der Waals surface area contributed by atoms with E-state index in [4.69, 9.17) is 16.5 Å². The Morgan fingerprint density at radius 3 is 2.34 bits per heavy atom. The Labute approximate surface area is 194 Å². The average Bonchev–Trinajstić information content (AvgIpc) is 2.73. The molecule has 0 aromatic carbocycles. The van der Waals surface area contributed by atoms with Crippen molar-refractivity contribution in [1.29, 1.82) is 5.53 Å². The van der Waals surface area contributed by atoms with Crippen molar-refractivity contribution in [3.8, 4) is 0 Å². The van der Waals surface area contributed by atoms with Gasteiger partial charge in [0, 0.05) is 17.9 Å². The zero-order valence-electron chi connectivity index (χ0n) is 19.4. The Morgan fingerprint density at radius 2 is 1.78 bits per heavy atom. The number of rotatable bonds is 16. The smallest absolute Gasteiger partial charge is 0.306 e. The first-order chi connectivity index (χ1) is 15.1. The quantitative estimate of drug-likeness (QED) is 0.0581. The van der Waals surface area contributed by atoms with E-state index >= 15 is 0 Å². The van der Waals surface area contributed by atoms with Crippen LogP contribution in [-0.4, -0.2) is 40.4 Å². The van der Waals surface area contributed by atoms with Crippen molar-refractivity contribution < 1.29 is 19.5 Å². The number of amides is 2. The molecule has 0 fully saturated rings. The summed E-state index contributed by atoms with van der Waals surface area (Å²) in [6.07, 6.45) is 9.48. The molecule has 0 aliphatic heterocycles. The second kappa shape index (κ2) is 17.1. The summed E-state index contributed by atoms with van der Waals surface area (Å²) in [7, 11) is 0. The third kappa shape index (κ3) is 14.5. The molecule has 0 aliphatic carbocycles. The molecule has 2 atom stereocenters. The number of thioether (sulfide) groups is 1. The lowest BCUT2D eigenvalue weighted by Crippen LogP contribution is -2.50. The maximum absolute atomic E-state index is 12.0. The summed E-state index contributed by atoms with van der Waals surface area (Å²) in [4.78, 5) is 34.8. The van der Waals surface area contributed by atoms with Gasteiger partial charge in [0.1, 0.15) is 6.04 Å². The number of nitrogens with two attached hydrogens (primary N) is 1. The standard InChI is InChI=1S/C22H37N5O4S/c1-15(2)7-5-8-16(3)9-6-10-18(26-23)11-12-32-14-19(21(29)27-24)25-20(28)13-17(4)22(30)31/h7,9,11,17,19,23H,5-6,8,10,12-14,24H2,1-4H3,(H,25,28)(H,27,29)(H,30,31)/b16-9+,18-11-,26-23?/t17?,19-/m0/s1. The fraction of sp³-hybridized carbons (Fsp3) is 0.591. The first-order valence-corrected chi connectivity index (χ1v) is 11.7. The number of aliphatic carboxylic acids is 1. The summed E-state index contributed by atoms with van der Waals surface area (Å²) in [5.41, 5.74) is 12.6. The Kier molecular flexibility index (Phi) is 15.8. The number of carboxylic acids is 1. The molecule has 0 aromatic heterocycles. The molecule has 0 spiro atoms.